The second-order valence-corrected chi connectivity index (χ2v) is 10.7. The predicted octanol–water partition coefficient (Wildman–Crippen LogP) is 4.30. The van der Waals surface area contributed by atoms with Crippen LogP contribution in [-0.2, 0) is 11.3 Å². The van der Waals surface area contributed by atoms with E-state index in [1.165, 1.54) is 42.5 Å². The molecule has 1 saturated carbocycles. The molecule has 0 radical (unpaired) electrons. The molecule has 0 spiro atoms. The largest absolute Gasteiger partial charge is 0.382 e. The molecule has 194 valence electrons. The highest BCUT2D eigenvalue weighted by Gasteiger charge is 2.21. The second kappa shape index (κ2) is 11.7. The number of nitrogens with zero attached hydrogens (tertiary/aromatic N) is 4. The maximum Gasteiger partial charge on any atom is 0.160 e. The summed E-state index contributed by atoms with van der Waals surface area (Å²) in [6.07, 6.45) is 5.11. The average molecular weight is 491 g/mol. The minimum absolute atomic E-state index is 0.579. The van der Waals surface area contributed by atoms with Crippen LogP contribution in [0.5, 0.6) is 0 Å². The lowest BCUT2D eigenvalue weighted by atomic mass is 9.86. The molecule has 7 nitrogen and oxygen atoms in total. The van der Waals surface area contributed by atoms with Crippen molar-refractivity contribution in [2.45, 2.75) is 59.0 Å². The molecule has 2 aliphatic rings. The van der Waals surface area contributed by atoms with Gasteiger partial charge in [-0.3, -0.25) is 4.90 Å². The standard InChI is InChI=1S/C29H42N6O/c1-21-18-22(2)31-29-28(21)32-23(3)35(29)20-25-6-10-27(11-7-25)33-26-8-4-24(5-9-26)19-30-12-13-34-14-16-36-17-15-34/h6-7,10-11,18,24,26,30,33H,4-5,8-9,12-17,19-20H2,1-3H3/t24-,26+. The number of nitrogens with one attached hydrogen (secondary N) is 2. The Morgan fingerprint density at radius 1 is 0.972 bits per heavy atom. The van der Waals surface area contributed by atoms with Crippen LogP contribution in [0.3, 0.4) is 0 Å². The third kappa shape index (κ3) is 6.25. The van der Waals surface area contributed by atoms with Crippen molar-refractivity contribution in [1.29, 1.82) is 0 Å². The topological polar surface area (TPSA) is 67.2 Å². The van der Waals surface area contributed by atoms with Crippen molar-refractivity contribution in [1.82, 2.24) is 24.8 Å². The number of aryl methyl sites for hydroxylation is 3. The number of fused-ring (bicyclic) bond motifs is 1. The molecular formula is C29H42N6O. The lowest BCUT2D eigenvalue weighted by Gasteiger charge is -2.30. The number of hydrogen-bond acceptors (Lipinski definition) is 6. The van der Waals surface area contributed by atoms with E-state index in [4.69, 9.17) is 14.7 Å². The molecule has 3 aromatic rings. The highest BCUT2D eigenvalue weighted by molar-refractivity contribution is 5.76. The first kappa shape index (κ1) is 25.2. The zero-order chi connectivity index (χ0) is 24.9. The summed E-state index contributed by atoms with van der Waals surface area (Å²) in [6, 6.07) is 11.6. The molecule has 36 heavy (non-hydrogen) atoms. The number of rotatable bonds is 9. The van der Waals surface area contributed by atoms with Crippen molar-refractivity contribution >= 4 is 16.9 Å². The third-order valence-electron chi connectivity index (χ3n) is 7.87. The molecule has 2 aromatic heterocycles. The van der Waals surface area contributed by atoms with Gasteiger partial charge in [0, 0.05) is 43.6 Å². The number of imidazole rings is 1. The summed E-state index contributed by atoms with van der Waals surface area (Å²) in [5.41, 5.74) is 6.73. The Kier molecular flexibility index (Phi) is 8.19. The summed E-state index contributed by atoms with van der Waals surface area (Å²) in [4.78, 5) is 12.0. The van der Waals surface area contributed by atoms with Crippen LogP contribution in [0, 0.1) is 26.7 Å². The molecule has 0 amide bonds. The van der Waals surface area contributed by atoms with Gasteiger partial charge in [-0.25, -0.2) is 9.97 Å². The van der Waals surface area contributed by atoms with Gasteiger partial charge in [-0.1, -0.05) is 12.1 Å². The lowest BCUT2D eigenvalue weighted by Crippen LogP contribution is -2.41. The summed E-state index contributed by atoms with van der Waals surface area (Å²) in [5, 5.41) is 7.48. The van der Waals surface area contributed by atoms with Crippen molar-refractivity contribution in [2.75, 3.05) is 51.3 Å². The number of benzene rings is 1. The van der Waals surface area contributed by atoms with Gasteiger partial charge < -0.3 is 19.9 Å². The monoisotopic (exact) mass is 490 g/mol. The molecule has 3 heterocycles. The number of morpholine rings is 1. The van der Waals surface area contributed by atoms with E-state index in [-0.39, 0.29) is 0 Å². The Labute approximate surface area is 215 Å². The molecule has 0 unspecified atom stereocenters. The Morgan fingerprint density at radius 3 is 2.47 bits per heavy atom. The fraction of sp³-hybridized carbons (Fsp3) is 0.586. The van der Waals surface area contributed by atoms with Gasteiger partial charge in [-0.2, -0.15) is 0 Å². The second-order valence-electron chi connectivity index (χ2n) is 10.7. The number of hydrogen-bond donors (Lipinski definition) is 2. The van der Waals surface area contributed by atoms with Gasteiger partial charge >= 0.3 is 0 Å². The Bertz CT molecular complexity index is 1130. The molecule has 2 N–H and O–H groups in total. The molecule has 1 aliphatic heterocycles. The fourth-order valence-electron chi connectivity index (χ4n) is 5.71. The molecule has 1 aliphatic carbocycles. The molecule has 0 atom stereocenters. The molecule has 0 bridgehead atoms. The zero-order valence-corrected chi connectivity index (χ0v) is 22.2. The van der Waals surface area contributed by atoms with Crippen molar-refractivity contribution in [3.63, 3.8) is 0 Å². The smallest absolute Gasteiger partial charge is 0.160 e. The van der Waals surface area contributed by atoms with Crippen LogP contribution in [0.4, 0.5) is 5.69 Å². The molecule has 1 saturated heterocycles. The van der Waals surface area contributed by atoms with E-state index in [2.05, 4.69) is 71.2 Å². The Morgan fingerprint density at radius 2 is 1.72 bits per heavy atom. The van der Waals surface area contributed by atoms with Crippen LogP contribution in [0.15, 0.2) is 30.3 Å². The zero-order valence-electron chi connectivity index (χ0n) is 22.2. The maximum absolute atomic E-state index is 5.43. The van der Waals surface area contributed by atoms with E-state index in [9.17, 15) is 0 Å². The van der Waals surface area contributed by atoms with Crippen molar-refractivity contribution in [2.24, 2.45) is 5.92 Å². The first-order valence-electron chi connectivity index (χ1n) is 13.7. The predicted molar refractivity (Wildman–Crippen MR) is 147 cm³/mol. The number of aromatic nitrogens is 3. The van der Waals surface area contributed by atoms with Crippen LogP contribution >= 0.6 is 0 Å². The first-order chi connectivity index (χ1) is 17.5. The molecule has 7 heteroatoms. The first-order valence-corrected chi connectivity index (χ1v) is 13.7. The van der Waals surface area contributed by atoms with Crippen LogP contribution in [0.25, 0.3) is 11.2 Å². The van der Waals surface area contributed by atoms with Crippen molar-refractivity contribution in [3.05, 3.63) is 53.0 Å². The van der Waals surface area contributed by atoms with Gasteiger partial charge in [0.05, 0.1) is 19.8 Å². The van der Waals surface area contributed by atoms with E-state index in [1.54, 1.807) is 0 Å². The van der Waals surface area contributed by atoms with E-state index in [0.29, 0.717) is 6.04 Å². The average Bonchev–Trinajstić information content (AvgIpc) is 3.20. The highest BCUT2D eigenvalue weighted by atomic mass is 16.5. The third-order valence-corrected chi connectivity index (χ3v) is 7.87. The summed E-state index contributed by atoms with van der Waals surface area (Å²) in [7, 11) is 0. The van der Waals surface area contributed by atoms with Crippen molar-refractivity contribution < 1.29 is 4.74 Å². The normalized spacial score (nSPS) is 21.2. The van der Waals surface area contributed by atoms with Crippen LogP contribution in [0.1, 0.15) is 48.3 Å². The number of ether oxygens (including phenoxy) is 1. The van der Waals surface area contributed by atoms with Gasteiger partial charge in [0.1, 0.15) is 11.3 Å². The van der Waals surface area contributed by atoms with Gasteiger partial charge in [0.15, 0.2) is 5.65 Å². The summed E-state index contributed by atoms with van der Waals surface area (Å²) >= 11 is 0. The van der Waals surface area contributed by atoms with E-state index >= 15 is 0 Å². The van der Waals surface area contributed by atoms with Crippen LogP contribution < -0.4 is 10.6 Å². The minimum atomic E-state index is 0.579. The van der Waals surface area contributed by atoms with E-state index in [0.717, 1.165) is 81.1 Å². The molecular weight excluding hydrogens is 448 g/mol. The van der Waals surface area contributed by atoms with Gasteiger partial charge in [-0.05, 0) is 88.2 Å². The molecule has 5 rings (SSSR count). The Hall–Kier alpha value is -2.48. The van der Waals surface area contributed by atoms with Gasteiger partial charge in [0.2, 0.25) is 0 Å². The number of pyridine rings is 1. The summed E-state index contributed by atoms with van der Waals surface area (Å²) in [6.45, 7) is 14.4. The maximum atomic E-state index is 5.43. The SMILES string of the molecule is Cc1cc(C)c2nc(C)n(Cc3ccc(N[C@H]4CC[C@@H](CNCCN5CCOCC5)CC4)cc3)c2n1. The van der Waals surface area contributed by atoms with E-state index in [1.807, 2.05) is 0 Å². The van der Waals surface area contributed by atoms with Crippen molar-refractivity contribution in [3.8, 4) is 0 Å². The Balaban J connectivity index is 1.07. The van der Waals surface area contributed by atoms with Gasteiger partial charge in [-0.15, -0.1) is 0 Å². The minimum Gasteiger partial charge on any atom is -0.382 e. The van der Waals surface area contributed by atoms with Gasteiger partial charge in [0.25, 0.3) is 0 Å². The van der Waals surface area contributed by atoms with Crippen LogP contribution in [0.2, 0.25) is 0 Å². The molecule has 2 fully saturated rings. The highest BCUT2D eigenvalue weighted by Crippen LogP contribution is 2.27. The van der Waals surface area contributed by atoms with E-state index < -0.39 is 0 Å². The number of anilines is 1. The fourth-order valence-corrected chi connectivity index (χ4v) is 5.71. The van der Waals surface area contributed by atoms with Crippen LogP contribution in [-0.4, -0.2) is 71.4 Å². The summed E-state index contributed by atoms with van der Waals surface area (Å²) in [5.74, 6) is 1.82. The molecule has 1 aromatic carbocycles. The summed E-state index contributed by atoms with van der Waals surface area (Å²) < 4.78 is 7.66. The quantitative estimate of drug-likeness (QED) is 0.436. The lowest BCUT2D eigenvalue weighted by molar-refractivity contribution is 0.0383.